The maximum atomic E-state index is 12.8. The Labute approximate surface area is 131 Å². The van der Waals surface area contributed by atoms with Crippen molar-refractivity contribution in [3.63, 3.8) is 0 Å². The lowest BCUT2D eigenvalue weighted by Crippen LogP contribution is -2.48. The summed E-state index contributed by atoms with van der Waals surface area (Å²) >= 11 is 0. The number of rotatable bonds is 3. The molecule has 0 radical (unpaired) electrons. The van der Waals surface area contributed by atoms with Crippen LogP contribution in [-0.2, 0) is 7.05 Å². The first-order valence-electron chi connectivity index (χ1n) is 8.33. The summed E-state index contributed by atoms with van der Waals surface area (Å²) in [7, 11) is 1.70. The standard InChI is InChI=1S/C17H25N3O2/c1-3-19-9-4-6-14(19)15-7-5-10-20(15)17(22)13-8-11-18(2)16(21)12-13/h8,11-12,14-15H,3-7,9-10H2,1-2H3. The molecule has 0 bridgehead atoms. The molecule has 5 nitrogen and oxygen atoms in total. The molecule has 22 heavy (non-hydrogen) atoms. The van der Waals surface area contributed by atoms with Gasteiger partial charge in [-0.25, -0.2) is 0 Å². The van der Waals surface area contributed by atoms with E-state index in [1.54, 1.807) is 19.3 Å². The van der Waals surface area contributed by atoms with Gasteiger partial charge in [0.25, 0.3) is 11.5 Å². The fraction of sp³-hybridized carbons (Fsp3) is 0.647. The van der Waals surface area contributed by atoms with Crippen molar-refractivity contribution in [2.45, 2.75) is 44.7 Å². The predicted octanol–water partition coefficient (Wildman–Crippen LogP) is 1.47. The van der Waals surface area contributed by atoms with Gasteiger partial charge in [0.2, 0.25) is 0 Å². The van der Waals surface area contributed by atoms with Crippen LogP contribution in [0.3, 0.4) is 0 Å². The number of likely N-dealkylation sites (N-methyl/N-ethyl adjacent to an activating group) is 1. The van der Waals surface area contributed by atoms with Gasteiger partial charge in [-0.2, -0.15) is 0 Å². The van der Waals surface area contributed by atoms with Gasteiger partial charge in [-0.1, -0.05) is 6.92 Å². The molecular weight excluding hydrogens is 278 g/mol. The van der Waals surface area contributed by atoms with Crippen LogP contribution in [0.1, 0.15) is 43.0 Å². The number of aryl methyl sites for hydroxylation is 1. The number of hydrogen-bond acceptors (Lipinski definition) is 3. The molecule has 120 valence electrons. The van der Waals surface area contributed by atoms with Crippen LogP contribution in [0.2, 0.25) is 0 Å². The second-order valence-electron chi connectivity index (χ2n) is 6.41. The first-order chi connectivity index (χ1) is 10.6. The number of likely N-dealkylation sites (tertiary alicyclic amines) is 2. The third-order valence-corrected chi connectivity index (χ3v) is 5.18. The minimum atomic E-state index is -0.127. The van der Waals surface area contributed by atoms with Gasteiger partial charge in [0.05, 0.1) is 0 Å². The summed E-state index contributed by atoms with van der Waals surface area (Å²) in [6.45, 7) is 5.20. The molecule has 0 saturated carbocycles. The number of aromatic nitrogens is 1. The molecule has 3 heterocycles. The molecule has 1 aromatic rings. The first kappa shape index (κ1) is 15.3. The van der Waals surface area contributed by atoms with E-state index in [-0.39, 0.29) is 11.5 Å². The highest BCUT2D eigenvalue weighted by atomic mass is 16.2. The van der Waals surface area contributed by atoms with Crippen molar-refractivity contribution in [2.75, 3.05) is 19.6 Å². The Bertz CT molecular complexity index is 610. The molecule has 2 aliphatic rings. The van der Waals surface area contributed by atoms with Gasteiger partial charge in [-0.3, -0.25) is 14.5 Å². The summed E-state index contributed by atoms with van der Waals surface area (Å²) in [6, 6.07) is 4.01. The molecule has 1 amide bonds. The quantitative estimate of drug-likeness (QED) is 0.849. The van der Waals surface area contributed by atoms with Gasteiger partial charge >= 0.3 is 0 Å². The lowest BCUT2D eigenvalue weighted by Gasteiger charge is -2.34. The lowest BCUT2D eigenvalue weighted by molar-refractivity contribution is 0.0649. The first-order valence-corrected chi connectivity index (χ1v) is 8.33. The number of carbonyl (C=O) groups excluding carboxylic acids is 1. The van der Waals surface area contributed by atoms with Crippen LogP contribution in [0.4, 0.5) is 0 Å². The Morgan fingerprint density at radius 1 is 1.23 bits per heavy atom. The topological polar surface area (TPSA) is 45.5 Å². The average Bonchev–Trinajstić information content (AvgIpc) is 3.16. The molecule has 3 rings (SSSR count). The molecule has 0 N–H and O–H groups in total. The summed E-state index contributed by atoms with van der Waals surface area (Å²) in [6.07, 6.45) is 6.23. The van der Waals surface area contributed by atoms with Crippen molar-refractivity contribution in [1.29, 1.82) is 0 Å². The predicted molar refractivity (Wildman–Crippen MR) is 86.0 cm³/mol. The van der Waals surface area contributed by atoms with Gasteiger partial charge in [0, 0.05) is 43.5 Å². The number of carbonyl (C=O) groups is 1. The molecule has 2 saturated heterocycles. The summed E-state index contributed by atoms with van der Waals surface area (Å²) in [5.41, 5.74) is 0.397. The van der Waals surface area contributed by atoms with Gasteiger partial charge < -0.3 is 9.47 Å². The third-order valence-electron chi connectivity index (χ3n) is 5.18. The van der Waals surface area contributed by atoms with E-state index in [0.717, 1.165) is 32.5 Å². The van der Waals surface area contributed by atoms with Crippen molar-refractivity contribution >= 4 is 5.91 Å². The van der Waals surface area contributed by atoms with Crippen LogP contribution in [0.5, 0.6) is 0 Å². The van der Waals surface area contributed by atoms with E-state index in [2.05, 4.69) is 11.8 Å². The van der Waals surface area contributed by atoms with Crippen LogP contribution in [0.25, 0.3) is 0 Å². The summed E-state index contributed by atoms with van der Waals surface area (Å²) in [5.74, 6) is 0.0168. The van der Waals surface area contributed by atoms with E-state index < -0.39 is 0 Å². The molecule has 2 atom stereocenters. The Kier molecular flexibility index (Phi) is 4.34. The molecule has 1 aromatic heterocycles. The molecule has 2 unspecified atom stereocenters. The minimum absolute atomic E-state index is 0.0168. The Balaban J connectivity index is 1.81. The van der Waals surface area contributed by atoms with E-state index in [9.17, 15) is 9.59 Å². The van der Waals surface area contributed by atoms with Crippen LogP contribution >= 0.6 is 0 Å². The second-order valence-corrected chi connectivity index (χ2v) is 6.41. The molecule has 2 aliphatic heterocycles. The molecule has 5 heteroatoms. The smallest absolute Gasteiger partial charge is 0.254 e. The number of pyridine rings is 1. The normalized spacial score (nSPS) is 25.8. The van der Waals surface area contributed by atoms with Gasteiger partial charge in [0.15, 0.2) is 0 Å². The third kappa shape index (κ3) is 2.70. The van der Waals surface area contributed by atoms with Crippen molar-refractivity contribution in [1.82, 2.24) is 14.4 Å². The average molecular weight is 303 g/mol. The van der Waals surface area contributed by atoms with Crippen LogP contribution in [0.15, 0.2) is 23.1 Å². The van der Waals surface area contributed by atoms with Crippen molar-refractivity contribution in [2.24, 2.45) is 7.05 Å². The Hall–Kier alpha value is -1.62. The summed E-state index contributed by atoms with van der Waals surface area (Å²) in [4.78, 5) is 29.1. The van der Waals surface area contributed by atoms with Crippen LogP contribution in [0, 0.1) is 0 Å². The zero-order valence-corrected chi connectivity index (χ0v) is 13.5. The van der Waals surface area contributed by atoms with E-state index in [4.69, 9.17) is 0 Å². The fourth-order valence-electron chi connectivity index (χ4n) is 3.97. The monoisotopic (exact) mass is 303 g/mol. The van der Waals surface area contributed by atoms with E-state index in [1.807, 2.05) is 4.90 Å². The number of nitrogens with zero attached hydrogens (tertiary/aromatic N) is 3. The number of hydrogen-bond donors (Lipinski definition) is 0. The molecule has 0 aromatic carbocycles. The zero-order chi connectivity index (χ0) is 15.7. The molecular formula is C17H25N3O2. The highest BCUT2D eigenvalue weighted by Gasteiger charge is 2.39. The Morgan fingerprint density at radius 3 is 2.68 bits per heavy atom. The van der Waals surface area contributed by atoms with E-state index in [1.165, 1.54) is 23.5 Å². The van der Waals surface area contributed by atoms with Crippen molar-refractivity contribution < 1.29 is 4.79 Å². The SMILES string of the molecule is CCN1CCCC1C1CCCN1C(=O)c1ccn(C)c(=O)c1. The zero-order valence-electron chi connectivity index (χ0n) is 13.5. The molecule has 2 fully saturated rings. The van der Waals surface area contributed by atoms with Gasteiger partial charge in [-0.15, -0.1) is 0 Å². The largest absolute Gasteiger partial charge is 0.334 e. The van der Waals surface area contributed by atoms with E-state index >= 15 is 0 Å². The van der Waals surface area contributed by atoms with Gasteiger partial charge in [0.1, 0.15) is 0 Å². The maximum absolute atomic E-state index is 12.8. The van der Waals surface area contributed by atoms with Crippen LogP contribution in [-0.4, -0.2) is 52.0 Å². The molecule has 0 spiro atoms. The highest BCUT2D eigenvalue weighted by Crippen LogP contribution is 2.30. The maximum Gasteiger partial charge on any atom is 0.254 e. The lowest BCUT2D eigenvalue weighted by atomic mass is 10.0. The highest BCUT2D eigenvalue weighted by molar-refractivity contribution is 5.94. The summed E-state index contributed by atoms with van der Waals surface area (Å²) in [5, 5.41) is 0. The molecule has 0 aliphatic carbocycles. The Morgan fingerprint density at radius 2 is 1.95 bits per heavy atom. The van der Waals surface area contributed by atoms with Crippen molar-refractivity contribution in [3.8, 4) is 0 Å². The number of amides is 1. The van der Waals surface area contributed by atoms with Gasteiger partial charge in [-0.05, 0) is 44.8 Å². The minimum Gasteiger partial charge on any atom is -0.334 e. The van der Waals surface area contributed by atoms with Crippen molar-refractivity contribution in [3.05, 3.63) is 34.2 Å². The van der Waals surface area contributed by atoms with Crippen LogP contribution < -0.4 is 5.56 Å². The second kappa shape index (κ2) is 6.24. The fourth-order valence-corrected chi connectivity index (χ4v) is 3.97. The van der Waals surface area contributed by atoms with E-state index in [0.29, 0.717) is 17.6 Å². The summed E-state index contributed by atoms with van der Waals surface area (Å²) < 4.78 is 1.49.